The maximum atomic E-state index is 13.3. The second-order valence-corrected chi connectivity index (χ2v) is 6.87. The van der Waals surface area contributed by atoms with Gasteiger partial charge in [-0.05, 0) is 23.8 Å². The summed E-state index contributed by atoms with van der Waals surface area (Å²) in [6.07, 6.45) is 6.03. The Morgan fingerprint density at radius 1 is 1.00 bits per heavy atom. The summed E-state index contributed by atoms with van der Waals surface area (Å²) < 4.78 is 13.3. The van der Waals surface area contributed by atoms with E-state index in [-0.39, 0.29) is 5.82 Å². The quantitative estimate of drug-likeness (QED) is 0.694. The van der Waals surface area contributed by atoms with Crippen LogP contribution < -0.4 is 10.2 Å². The van der Waals surface area contributed by atoms with Gasteiger partial charge in [-0.25, -0.2) is 4.39 Å². The van der Waals surface area contributed by atoms with Crippen LogP contribution in [0.5, 0.6) is 0 Å². The van der Waals surface area contributed by atoms with Crippen molar-refractivity contribution >= 4 is 23.5 Å². The third kappa shape index (κ3) is 5.36. The zero-order chi connectivity index (χ0) is 19.9. The molecule has 1 saturated heterocycles. The topological polar surface area (TPSA) is 57.2 Å². The Balaban J connectivity index is 1.31. The number of nitrogens with one attached hydrogen (secondary N) is 1. The molecule has 0 bridgehead atoms. The summed E-state index contributed by atoms with van der Waals surface area (Å²) in [6.45, 7) is 4.58. The number of halogens is 1. The van der Waals surface area contributed by atoms with E-state index in [4.69, 9.17) is 0 Å². The normalized spacial score (nSPS) is 15.0. The second kappa shape index (κ2) is 9.25. The van der Waals surface area contributed by atoms with Crippen LogP contribution in [-0.2, 0) is 0 Å². The van der Waals surface area contributed by atoms with E-state index in [9.17, 15) is 4.39 Å². The summed E-state index contributed by atoms with van der Waals surface area (Å²) in [5.74, 6) is 0.830. The first-order valence-corrected chi connectivity index (χ1v) is 9.67. The van der Waals surface area contributed by atoms with Gasteiger partial charge in [-0.1, -0.05) is 48.6 Å². The molecule has 2 aromatic carbocycles. The van der Waals surface area contributed by atoms with Crippen molar-refractivity contribution in [2.45, 2.75) is 0 Å². The summed E-state index contributed by atoms with van der Waals surface area (Å²) in [5, 5.41) is 11.1. The lowest BCUT2D eigenvalue weighted by Crippen LogP contribution is -2.46. The number of benzene rings is 2. The predicted octanol–water partition coefficient (Wildman–Crippen LogP) is 3.59. The zero-order valence-electron chi connectivity index (χ0n) is 16.1. The molecule has 1 aliphatic heterocycles. The first kappa shape index (κ1) is 19.0. The van der Waals surface area contributed by atoms with Gasteiger partial charge in [-0.15, -0.1) is 5.10 Å². The zero-order valence-corrected chi connectivity index (χ0v) is 16.1. The fraction of sp³-hybridized carbons (Fsp3) is 0.227. The number of anilines is 3. The highest BCUT2D eigenvalue weighted by Gasteiger charge is 2.18. The maximum absolute atomic E-state index is 13.3. The van der Waals surface area contributed by atoms with Crippen LogP contribution in [0, 0.1) is 5.82 Å². The van der Waals surface area contributed by atoms with E-state index in [0.717, 1.165) is 38.5 Å². The van der Waals surface area contributed by atoms with Crippen LogP contribution in [0.4, 0.5) is 21.8 Å². The summed E-state index contributed by atoms with van der Waals surface area (Å²) >= 11 is 0. The predicted molar refractivity (Wildman–Crippen MR) is 114 cm³/mol. The Kier molecular flexibility index (Phi) is 6.07. The molecule has 2 heterocycles. The molecule has 1 fully saturated rings. The van der Waals surface area contributed by atoms with E-state index in [2.05, 4.69) is 54.6 Å². The highest BCUT2D eigenvalue weighted by Crippen LogP contribution is 2.17. The van der Waals surface area contributed by atoms with Gasteiger partial charge in [0.15, 0.2) is 5.82 Å². The Bertz CT molecular complexity index is 954. The van der Waals surface area contributed by atoms with Crippen LogP contribution in [0.25, 0.3) is 6.08 Å². The van der Waals surface area contributed by atoms with Crippen molar-refractivity contribution in [2.75, 3.05) is 42.9 Å². The van der Waals surface area contributed by atoms with Gasteiger partial charge >= 0.3 is 0 Å². The van der Waals surface area contributed by atoms with Crippen LogP contribution in [-0.4, -0.2) is 52.8 Å². The van der Waals surface area contributed by atoms with Crippen LogP contribution in [0.3, 0.4) is 0 Å². The van der Waals surface area contributed by atoms with Crippen LogP contribution in [0.15, 0.2) is 66.9 Å². The number of hydrogen-bond donors (Lipinski definition) is 1. The largest absolute Gasteiger partial charge is 0.353 e. The Hall–Kier alpha value is -3.32. The minimum atomic E-state index is -0.309. The number of hydrogen-bond acceptors (Lipinski definition) is 6. The third-order valence-corrected chi connectivity index (χ3v) is 4.80. The first-order chi connectivity index (χ1) is 14.3. The summed E-state index contributed by atoms with van der Waals surface area (Å²) in [4.78, 5) is 9.14. The molecule has 0 saturated carbocycles. The lowest BCUT2D eigenvalue weighted by Gasteiger charge is -2.34. The van der Waals surface area contributed by atoms with Crippen LogP contribution in [0.1, 0.15) is 5.56 Å². The van der Waals surface area contributed by atoms with Crippen molar-refractivity contribution in [3.8, 4) is 0 Å². The average molecular weight is 390 g/mol. The van der Waals surface area contributed by atoms with Gasteiger partial charge in [0.25, 0.3) is 0 Å². The fourth-order valence-electron chi connectivity index (χ4n) is 3.26. The van der Waals surface area contributed by atoms with Gasteiger partial charge < -0.3 is 10.2 Å². The highest BCUT2D eigenvalue weighted by atomic mass is 19.1. The minimum Gasteiger partial charge on any atom is -0.353 e. The fourth-order valence-corrected chi connectivity index (χ4v) is 3.26. The van der Waals surface area contributed by atoms with Crippen molar-refractivity contribution in [3.05, 3.63) is 78.3 Å². The van der Waals surface area contributed by atoms with E-state index in [1.165, 1.54) is 17.7 Å². The molecule has 0 amide bonds. The molecular formula is C22H23FN6. The van der Waals surface area contributed by atoms with Crippen molar-refractivity contribution in [1.29, 1.82) is 0 Å². The lowest BCUT2D eigenvalue weighted by atomic mass is 10.2. The summed E-state index contributed by atoms with van der Waals surface area (Å²) in [7, 11) is 0. The minimum absolute atomic E-state index is 0.309. The van der Waals surface area contributed by atoms with Crippen molar-refractivity contribution in [2.24, 2.45) is 0 Å². The lowest BCUT2D eigenvalue weighted by molar-refractivity contribution is 0.283. The van der Waals surface area contributed by atoms with E-state index in [1.807, 2.05) is 18.2 Å². The van der Waals surface area contributed by atoms with Crippen molar-refractivity contribution < 1.29 is 4.39 Å². The number of piperazine rings is 1. The summed E-state index contributed by atoms with van der Waals surface area (Å²) in [6, 6.07) is 16.5. The monoisotopic (exact) mass is 390 g/mol. The third-order valence-electron chi connectivity index (χ3n) is 4.80. The van der Waals surface area contributed by atoms with Gasteiger partial charge in [-0.2, -0.15) is 10.1 Å². The highest BCUT2D eigenvalue weighted by molar-refractivity contribution is 5.54. The van der Waals surface area contributed by atoms with Gasteiger partial charge in [0.1, 0.15) is 5.82 Å². The molecule has 7 heteroatoms. The SMILES string of the molecule is Fc1cccc(Nc2nncc(N3CCN(C/C=C/c4ccccc4)CC3)n2)c1. The molecule has 0 unspecified atom stereocenters. The number of aromatic nitrogens is 3. The Morgan fingerprint density at radius 2 is 1.83 bits per heavy atom. The van der Waals surface area contributed by atoms with Gasteiger partial charge in [-0.3, -0.25) is 4.90 Å². The van der Waals surface area contributed by atoms with E-state index in [1.54, 1.807) is 18.3 Å². The Labute approximate surface area is 169 Å². The van der Waals surface area contributed by atoms with E-state index < -0.39 is 0 Å². The molecule has 29 heavy (non-hydrogen) atoms. The molecule has 1 aromatic heterocycles. The molecule has 0 radical (unpaired) electrons. The maximum Gasteiger partial charge on any atom is 0.249 e. The molecule has 1 aliphatic rings. The summed E-state index contributed by atoms with van der Waals surface area (Å²) in [5.41, 5.74) is 1.82. The average Bonchev–Trinajstić information content (AvgIpc) is 2.75. The van der Waals surface area contributed by atoms with Gasteiger partial charge in [0, 0.05) is 38.4 Å². The standard InChI is InChI=1S/C22H23FN6/c23-19-9-4-10-20(16-19)25-22-26-21(17-24-27-22)29-14-12-28(13-15-29)11-5-8-18-6-2-1-3-7-18/h1-10,16-17H,11-15H2,(H,25,26,27)/b8-5+. The molecule has 148 valence electrons. The van der Waals surface area contributed by atoms with Crippen LogP contribution >= 0.6 is 0 Å². The second-order valence-electron chi connectivity index (χ2n) is 6.87. The Morgan fingerprint density at radius 3 is 2.62 bits per heavy atom. The first-order valence-electron chi connectivity index (χ1n) is 9.67. The van der Waals surface area contributed by atoms with E-state index in [0.29, 0.717) is 11.6 Å². The molecule has 1 N–H and O–H groups in total. The molecule has 3 aromatic rings. The van der Waals surface area contributed by atoms with E-state index >= 15 is 0 Å². The van der Waals surface area contributed by atoms with Gasteiger partial charge in [0.2, 0.25) is 5.95 Å². The smallest absolute Gasteiger partial charge is 0.249 e. The molecule has 4 rings (SSSR count). The molecule has 0 spiro atoms. The van der Waals surface area contributed by atoms with Gasteiger partial charge in [0.05, 0.1) is 6.20 Å². The number of nitrogens with zero attached hydrogens (tertiary/aromatic N) is 5. The van der Waals surface area contributed by atoms with Crippen LogP contribution in [0.2, 0.25) is 0 Å². The molecular weight excluding hydrogens is 367 g/mol. The molecule has 6 nitrogen and oxygen atoms in total. The molecule has 0 aliphatic carbocycles. The molecule has 0 atom stereocenters. The number of rotatable bonds is 6. The van der Waals surface area contributed by atoms with Crippen molar-refractivity contribution in [1.82, 2.24) is 20.1 Å². The van der Waals surface area contributed by atoms with Crippen molar-refractivity contribution in [3.63, 3.8) is 0 Å².